The molecule has 35 heavy (non-hydrogen) atoms. The summed E-state index contributed by atoms with van der Waals surface area (Å²) in [5, 5.41) is 11.8. The van der Waals surface area contributed by atoms with E-state index in [0.717, 1.165) is 21.0 Å². The molecule has 0 fully saturated rings. The van der Waals surface area contributed by atoms with Crippen molar-refractivity contribution in [1.82, 2.24) is 0 Å². The Kier molecular flexibility index (Phi) is 5.73. The summed E-state index contributed by atoms with van der Waals surface area (Å²) in [6, 6.07) is 19.0. The van der Waals surface area contributed by atoms with Gasteiger partial charge >= 0.3 is 0 Å². The Morgan fingerprint density at radius 2 is 1.83 bits per heavy atom. The quantitative estimate of drug-likeness (QED) is 0.293. The molecular formula is C28H22BrNO5. The van der Waals surface area contributed by atoms with Crippen LogP contribution in [-0.2, 0) is 4.79 Å². The van der Waals surface area contributed by atoms with E-state index in [1.807, 2.05) is 50.2 Å². The van der Waals surface area contributed by atoms with Crippen LogP contribution in [0.25, 0.3) is 11.0 Å². The zero-order valence-electron chi connectivity index (χ0n) is 19.3. The van der Waals surface area contributed by atoms with Crippen LogP contribution in [0.4, 0.5) is 5.69 Å². The highest BCUT2D eigenvalue weighted by molar-refractivity contribution is 9.10. The second-order valence-electron chi connectivity index (χ2n) is 8.49. The van der Waals surface area contributed by atoms with Gasteiger partial charge in [0.15, 0.2) is 11.5 Å². The molecule has 1 unspecified atom stereocenters. The molecule has 2 heterocycles. The molecule has 7 heteroatoms. The molecule has 5 rings (SSSR count). The fourth-order valence-corrected chi connectivity index (χ4v) is 4.89. The molecule has 1 amide bonds. The molecule has 1 N–H and O–H groups in total. The average Bonchev–Trinajstić information content (AvgIpc) is 3.38. The number of ether oxygens (including phenoxy) is 1. The summed E-state index contributed by atoms with van der Waals surface area (Å²) >= 11 is 3.42. The fraction of sp³-hybridized carbons (Fsp3) is 0.143. The van der Waals surface area contributed by atoms with Crippen molar-refractivity contribution in [2.75, 3.05) is 12.0 Å². The maximum Gasteiger partial charge on any atom is 0.294 e. The van der Waals surface area contributed by atoms with Crippen molar-refractivity contribution in [3.8, 4) is 5.75 Å². The lowest BCUT2D eigenvalue weighted by molar-refractivity contribution is -0.117. The minimum Gasteiger partial charge on any atom is -0.503 e. The summed E-state index contributed by atoms with van der Waals surface area (Å²) in [6.07, 6.45) is 0. The van der Waals surface area contributed by atoms with Crippen molar-refractivity contribution in [2.45, 2.75) is 19.9 Å². The van der Waals surface area contributed by atoms with E-state index >= 15 is 0 Å². The topological polar surface area (TPSA) is 80.0 Å². The molecule has 3 aromatic carbocycles. The van der Waals surface area contributed by atoms with Crippen LogP contribution in [0.1, 0.15) is 33.3 Å². The number of aliphatic hydroxyl groups is 1. The smallest absolute Gasteiger partial charge is 0.294 e. The lowest BCUT2D eigenvalue weighted by atomic mass is 9.93. The Morgan fingerprint density at radius 3 is 2.60 bits per heavy atom. The Balaban J connectivity index is 1.72. The standard InChI is InChI=1S/C28H22BrNO5/c1-15-8-9-16(2)20(12-15)30-25(19-6-4-5-7-22(19)34-3)24(27(32)28(30)33)26(31)23-14-17-13-18(29)10-11-21(17)35-23/h4-14,25,32H,1-3H3. The number of aliphatic hydroxyl groups excluding tert-OH is 1. The first-order valence-electron chi connectivity index (χ1n) is 11.0. The summed E-state index contributed by atoms with van der Waals surface area (Å²) in [5.74, 6) is -1.29. The zero-order chi connectivity index (χ0) is 24.9. The number of methoxy groups -OCH3 is 1. The van der Waals surface area contributed by atoms with E-state index in [1.54, 1.807) is 30.3 Å². The van der Waals surface area contributed by atoms with Gasteiger partial charge in [-0.15, -0.1) is 0 Å². The third-order valence-corrected chi connectivity index (χ3v) is 6.71. The fourth-order valence-electron chi connectivity index (χ4n) is 4.51. The third kappa shape index (κ3) is 3.82. The maximum absolute atomic E-state index is 13.8. The molecular weight excluding hydrogens is 510 g/mol. The highest BCUT2D eigenvalue weighted by atomic mass is 79.9. The molecule has 176 valence electrons. The van der Waals surface area contributed by atoms with Crippen molar-refractivity contribution in [2.24, 2.45) is 0 Å². The number of nitrogens with zero attached hydrogens (tertiary/aromatic N) is 1. The molecule has 0 bridgehead atoms. The van der Waals surface area contributed by atoms with Crippen molar-refractivity contribution >= 4 is 44.3 Å². The summed E-state index contributed by atoms with van der Waals surface area (Å²) < 4.78 is 12.3. The predicted octanol–water partition coefficient (Wildman–Crippen LogP) is 6.60. The van der Waals surface area contributed by atoms with Crippen LogP contribution < -0.4 is 9.64 Å². The van der Waals surface area contributed by atoms with Gasteiger partial charge in [-0.05, 0) is 61.4 Å². The number of furan rings is 1. The lowest BCUT2D eigenvalue weighted by Crippen LogP contribution is -2.32. The van der Waals surface area contributed by atoms with Crippen molar-refractivity contribution in [3.63, 3.8) is 0 Å². The van der Waals surface area contributed by atoms with Gasteiger partial charge in [-0.3, -0.25) is 14.5 Å². The minimum atomic E-state index is -0.911. The summed E-state index contributed by atoms with van der Waals surface area (Å²) in [4.78, 5) is 28.8. The number of carbonyl (C=O) groups excluding carboxylic acids is 2. The number of halogens is 1. The van der Waals surface area contributed by atoms with Gasteiger partial charge in [0.25, 0.3) is 5.91 Å². The lowest BCUT2D eigenvalue weighted by Gasteiger charge is -2.29. The Morgan fingerprint density at radius 1 is 1.06 bits per heavy atom. The molecule has 6 nitrogen and oxygen atoms in total. The summed E-state index contributed by atoms with van der Waals surface area (Å²) in [7, 11) is 1.53. The van der Waals surface area contributed by atoms with Gasteiger partial charge in [-0.25, -0.2) is 0 Å². The first kappa shape index (κ1) is 22.9. The van der Waals surface area contributed by atoms with E-state index in [-0.39, 0.29) is 11.3 Å². The van der Waals surface area contributed by atoms with Gasteiger partial charge < -0.3 is 14.3 Å². The molecule has 0 saturated carbocycles. The van der Waals surface area contributed by atoms with E-state index in [0.29, 0.717) is 22.6 Å². The van der Waals surface area contributed by atoms with Crippen LogP contribution in [0.3, 0.4) is 0 Å². The number of ketones is 1. The van der Waals surface area contributed by atoms with Gasteiger partial charge in [-0.2, -0.15) is 0 Å². The van der Waals surface area contributed by atoms with Crippen LogP contribution in [0, 0.1) is 13.8 Å². The highest BCUT2D eigenvalue weighted by Gasteiger charge is 2.46. The largest absolute Gasteiger partial charge is 0.503 e. The number of amides is 1. The number of aryl methyl sites for hydroxylation is 2. The second-order valence-corrected chi connectivity index (χ2v) is 9.41. The summed E-state index contributed by atoms with van der Waals surface area (Å²) in [6.45, 7) is 3.81. The van der Waals surface area contributed by atoms with E-state index < -0.39 is 23.5 Å². The summed E-state index contributed by atoms with van der Waals surface area (Å²) in [5.41, 5.74) is 3.43. The molecule has 0 saturated heterocycles. The van der Waals surface area contributed by atoms with Crippen molar-refractivity contribution in [1.29, 1.82) is 0 Å². The number of carbonyl (C=O) groups is 2. The molecule has 0 aliphatic carbocycles. The Labute approximate surface area is 210 Å². The van der Waals surface area contributed by atoms with Gasteiger partial charge in [0.1, 0.15) is 11.3 Å². The number of hydrogen-bond acceptors (Lipinski definition) is 5. The number of anilines is 1. The molecule has 0 radical (unpaired) electrons. The van der Waals surface area contributed by atoms with Crippen LogP contribution in [0.2, 0.25) is 0 Å². The number of Topliss-reactive ketones (excluding diaryl/α,β-unsaturated/α-hetero) is 1. The van der Waals surface area contributed by atoms with Crippen molar-refractivity contribution < 1.29 is 23.8 Å². The molecule has 1 atom stereocenters. The van der Waals surface area contributed by atoms with Crippen LogP contribution in [-0.4, -0.2) is 23.9 Å². The minimum absolute atomic E-state index is 0.0372. The zero-order valence-corrected chi connectivity index (χ0v) is 20.9. The average molecular weight is 532 g/mol. The van der Waals surface area contributed by atoms with Crippen LogP contribution in [0.15, 0.2) is 87.0 Å². The molecule has 1 aromatic heterocycles. The normalized spacial score (nSPS) is 15.8. The number of rotatable bonds is 5. The van der Waals surface area contributed by atoms with E-state index in [2.05, 4.69) is 15.9 Å². The van der Waals surface area contributed by atoms with E-state index in [1.165, 1.54) is 12.0 Å². The second kappa shape index (κ2) is 8.74. The SMILES string of the molecule is COc1ccccc1C1C(C(=O)c2cc3cc(Br)ccc3o2)=C(O)C(=O)N1c1cc(C)ccc1C. The number of benzene rings is 3. The first-order chi connectivity index (χ1) is 16.8. The Hall–Kier alpha value is -3.84. The van der Waals surface area contributed by atoms with Gasteiger partial charge in [0.05, 0.1) is 18.7 Å². The number of fused-ring (bicyclic) bond motifs is 1. The van der Waals surface area contributed by atoms with E-state index in [9.17, 15) is 14.7 Å². The highest BCUT2D eigenvalue weighted by Crippen LogP contribution is 2.46. The monoisotopic (exact) mass is 531 g/mol. The third-order valence-electron chi connectivity index (χ3n) is 6.21. The predicted molar refractivity (Wildman–Crippen MR) is 137 cm³/mol. The van der Waals surface area contributed by atoms with Gasteiger partial charge in [0.2, 0.25) is 5.78 Å². The molecule has 1 aliphatic heterocycles. The molecule has 1 aliphatic rings. The van der Waals surface area contributed by atoms with Crippen LogP contribution >= 0.6 is 15.9 Å². The molecule has 0 spiro atoms. The Bertz CT molecular complexity index is 1530. The van der Waals surface area contributed by atoms with Gasteiger partial charge in [-0.1, -0.05) is 46.3 Å². The number of para-hydroxylation sites is 1. The van der Waals surface area contributed by atoms with Gasteiger partial charge in [0, 0.05) is 21.1 Å². The maximum atomic E-state index is 13.8. The number of hydrogen-bond donors (Lipinski definition) is 1. The molecule has 4 aromatic rings. The first-order valence-corrected chi connectivity index (χ1v) is 11.8. The van der Waals surface area contributed by atoms with Crippen molar-refractivity contribution in [3.05, 3.63) is 105 Å². The van der Waals surface area contributed by atoms with E-state index in [4.69, 9.17) is 9.15 Å². The van der Waals surface area contributed by atoms with Crippen LogP contribution in [0.5, 0.6) is 5.75 Å².